The first-order valence-electron chi connectivity index (χ1n) is 8.12. The van der Waals surface area contributed by atoms with Gasteiger partial charge in [0.05, 0.1) is 6.04 Å². The van der Waals surface area contributed by atoms with Crippen LogP contribution < -0.4 is 0 Å². The standard InChI is InChI=1S/C19H22N2O/c1-2-13-12-21-9-7-16-15-5-3-4-6-17(15)20-19(16)18(21)11-14(13)8-10-22/h2-6,11,18,20,22H,7-10,12H2,1H3/b13-2-/t18-/m0/s1. The number of nitrogens with one attached hydrogen (secondary N) is 1. The summed E-state index contributed by atoms with van der Waals surface area (Å²) in [6.45, 7) is 4.40. The number of aromatic nitrogens is 1. The Bertz CT molecular complexity index is 769. The Morgan fingerprint density at radius 2 is 2.23 bits per heavy atom. The fourth-order valence-electron chi connectivity index (χ4n) is 3.94. The van der Waals surface area contributed by atoms with Gasteiger partial charge in [0.15, 0.2) is 0 Å². The molecule has 1 aromatic heterocycles. The summed E-state index contributed by atoms with van der Waals surface area (Å²) in [6.07, 6.45) is 6.40. The lowest BCUT2D eigenvalue weighted by Gasteiger charge is -2.39. The van der Waals surface area contributed by atoms with E-state index in [1.54, 1.807) is 0 Å². The average molecular weight is 294 g/mol. The van der Waals surface area contributed by atoms with E-state index >= 15 is 0 Å². The number of rotatable bonds is 2. The Labute approximate surface area is 130 Å². The molecule has 0 radical (unpaired) electrons. The van der Waals surface area contributed by atoms with E-state index in [9.17, 15) is 5.11 Å². The van der Waals surface area contributed by atoms with E-state index in [1.807, 2.05) is 0 Å². The third kappa shape index (κ3) is 2.04. The number of hydrogen-bond donors (Lipinski definition) is 2. The van der Waals surface area contributed by atoms with Gasteiger partial charge in [0.1, 0.15) is 0 Å². The summed E-state index contributed by atoms with van der Waals surface area (Å²) in [4.78, 5) is 6.18. The van der Waals surface area contributed by atoms with Crippen molar-refractivity contribution >= 4 is 10.9 Å². The molecule has 0 saturated carbocycles. The zero-order valence-electron chi connectivity index (χ0n) is 13.0. The van der Waals surface area contributed by atoms with Gasteiger partial charge in [-0.15, -0.1) is 0 Å². The molecule has 0 amide bonds. The Kier molecular flexibility index (Phi) is 3.40. The van der Waals surface area contributed by atoms with Crippen molar-refractivity contribution in [3.05, 3.63) is 58.8 Å². The smallest absolute Gasteiger partial charge is 0.0695 e. The normalized spacial score (nSPS) is 23.5. The number of nitrogens with zero attached hydrogens (tertiary/aromatic N) is 1. The summed E-state index contributed by atoms with van der Waals surface area (Å²) in [5.41, 5.74) is 6.73. The molecule has 3 nitrogen and oxygen atoms in total. The quantitative estimate of drug-likeness (QED) is 0.891. The molecule has 2 aromatic rings. The predicted octanol–water partition coefficient (Wildman–Crippen LogP) is 3.34. The number of fused-ring (bicyclic) bond motifs is 5. The highest BCUT2D eigenvalue weighted by Crippen LogP contribution is 2.39. The van der Waals surface area contributed by atoms with Gasteiger partial charge in [0.2, 0.25) is 0 Å². The molecule has 1 aromatic carbocycles. The monoisotopic (exact) mass is 294 g/mol. The molecule has 3 heterocycles. The van der Waals surface area contributed by atoms with Gasteiger partial charge in [-0.25, -0.2) is 0 Å². The maximum Gasteiger partial charge on any atom is 0.0695 e. The van der Waals surface area contributed by atoms with Crippen LogP contribution >= 0.6 is 0 Å². The molecule has 0 fully saturated rings. The number of hydrogen-bond acceptors (Lipinski definition) is 2. The van der Waals surface area contributed by atoms with Crippen molar-refractivity contribution in [2.24, 2.45) is 0 Å². The van der Waals surface area contributed by atoms with E-state index in [4.69, 9.17) is 0 Å². The second-order valence-electron chi connectivity index (χ2n) is 6.21. The first-order chi connectivity index (χ1) is 10.8. The van der Waals surface area contributed by atoms with Crippen LogP contribution in [0.5, 0.6) is 0 Å². The number of aromatic amines is 1. The lowest BCUT2D eigenvalue weighted by atomic mass is 9.88. The minimum Gasteiger partial charge on any atom is -0.396 e. The van der Waals surface area contributed by atoms with Crippen LogP contribution in [-0.4, -0.2) is 34.7 Å². The van der Waals surface area contributed by atoms with Crippen molar-refractivity contribution in [2.75, 3.05) is 19.7 Å². The Hall–Kier alpha value is -1.84. The van der Waals surface area contributed by atoms with Gasteiger partial charge in [0, 0.05) is 36.3 Å². The second-order valence-corrected chi connectivity index (χ2v) is 6.21. The summed E-state index contributed by atoms with van der Waals surface area (Å²) in [6, 6.07) is 8.92. The van der Waals surface area contributed by atoms with Gasteiger partial charge in [0.25, 0.3) is 0 Å². The molecular formula is C19H22N2O. The molecule has 0 spiro atoms. The Morgan fingerprint density at radius 3 is 3.05 bits per heavy atom. The lowest BCUT2D eigenvalue weighted by molar-refractivity contribution is 0.224. The third-order valence-corrected chi connectivity index (χ3v) is 5.06. The van der Waals surface area contributed by atoms with E-state index < -0.39 is 0 Å². The second kappa shape index (κ2) is 5.41. The van der Waals surface area contributed by atoms with Crippen LogP contribution in [0, 0.1) is 0 Å². The average Bonchev–Trinajstić information content (AvgIpc) is 2.93. The largest absolute Gasteiger partial charge is 0.396 e. The minimum atomic E-state index is 0.218. The van der Waals surface area contributed by atoms with E-state index in [2.05, 4.69) is 53.2 Å². The highest BCUT2D eigenvalue weighted by Gasteiger charge is 2.32. The molecule has 22 heavy (non-hydrogen) atoms. The van der Waals surface area contributed by atoms with E-state index in [0.717, 1.165) is 25.9 Å². The van der Waals surface area contributed by atoms with Gasteiger partial charge in [-0.3, -0.25) is 4.90 Å². The van der Waals surface area contributed by atoms with Crippen molar-refractivity contribution in [1.82, 2.24) is 9.88 Å². The van der Waals surface area contributed by atoms with E-state index in [-0.39, 0.29) is 6.61 Å². The summed E-state index contributed by atoms with van der Waals surface area (Å²) >= 11 is 0. The first-order valence-corrected chi connectivity index (χ1v) is 8.12. The maximum atomic E-state index is 9.35. The maximum absolute atomic E-state index is 9.35. The number of allylic oxidation sites excluding steroid dienone is 1. The van der Waals surface area contributed by atoms with Crippen molar-refractivity contribution < 1.29 is 5.11 Å². The molecule has 3 heteroatoms. The highest BCUT2D eigenvalue weighted by molar-refractivity contribution is 5.85. The summed E-state index contributed by atoms with van der Waals surface area (Å²) in [7, 11) is 0. The zero-order chi connectivity index (χ0) is 15.1. The predicted molar refractivity (Wildman–Crippen MR) is 89.9 cm³/mol. The number of para-hydroxylation sites is 1. The van der Waals surface area contributed by atoms with Crippen LogP contribution in [0.3, 0.4) is 0 Å². The Balaban J connectivity index is 1.84. The van der Waals surface area contributed by atoms with Crippen LogP contribution in [0.25, 0.3) is 10.9 Å². The van der Waals surface area contributed by atoms with Crippen LogP contribution in [0.1, 0.15) is 30.6 Å². The van der Waals surface area contributed by atoms with E-state index in [1.165, 1.54) is 33.3 Å². The van der Waals surface area contributed by atoms with Gasteiger partial charge in [-0.05, 0) is 42.5 Å². The fraction of sp³-hybridized carbons (Fsp3) is 0.368. The summed E-state index contributed by atoms with van der Waals surface area (Å²) in [5.74, 6) is 0. The summed E-state index contributed by atoms with van der Waals surface area (Å²) < 4.78 is 0. The van der Waals surface area contributed by atoms with Gasteiger partial charge in [-0.1, -0.05) is 30.4 Å². The van der Waals surface area contributed by atoms with Crippen LogP contribution in [-0.2, 0) is 6.42 Å². The van der Waals surface area contributed by atoms with Gasteiger partial charge in [-0.2, -0.15) is 0 Å². The van der Waals surface area contributed by atoms with E-state index in [0.29, 0.717) is 6.04 Å². The third-order valence-electron chi connectivity index (χ3n) is 5.06. The van der Waals surface area contributed by atoms with Crippen molar-refractivity contribution in [1.29, 1.82) is 0 Å². The van der Waals surface area contributed by atoms with Gasteiger partial charge >= 0.3 is 0 Å². The minimum absolute atomic E-state index is 0.218. The molecule has 0 saturated heterocycles. The zero-order valence-corrected chi connectivity index (χ0v) is 13.0. The molecule has 4 rings (SSSR count). The molecule has 1 atom stereocenters. The highest BCUT2D eigenvalue weighted by atomic mass is 16.2. The Morgan fingerprint density at radius 1 is 1.36 bits per heavy atom. The lowest BCUT2D eigenvalue weighted by Crippen LogP contribution is -2.38. The number of benzene rings is 1. The van der Waals surface area contributed by atoms with Crippen LogP contribution in [0.15, 0.2) is 47.6 Å². The SMILES string of the molecule is C/C=C1/CN2CCc3c([nH]c4ccccc34)[C@@H]2C=C1CCO. The molecule has 0 bridgehead atoms. The van der Waals surface area contributed by atoms with Crippen molar-refractivity contribution in [3.8, 4) is 0 Å². The first kappa shape index (κ1) is 13.8. The van der Waals surface area contributed by atoms with Crippen LogP contribution in [0.2, 0.25) is 0 Å². The van der Waals surface area contributed by atoms with Crippen molar-refractivity contribution in [2.45, 2.75) is 25.8 Å². The number of H-pyrrole nitrogens is 1. The van der Waals surface area contributed by atoms with Crippen molar-refractivity contribution in [3.63, 3.8) is 0 Å². The fourth-order valence-corrected chi connectivity index (χ4v) is 3.94. The van der Waals surface area contributed by atoms with Gasteiger partial charge < -0.3 is 10.1 Å². The molecule has 2 N–H and O–H groups in total. The topological polar surface area (TPSA) is 39.3 Å². The summed E-state index contributed by atoms with van der Waals surface area (Å²) in [5, 5.41) is 10.7. The number of aliphatic hydroxyl groups excluding tert-OH is 1. The molecule has 2 aliphatic rings. The molecule has 0 unspecified atom stereocenters. The van der Waals surface area contributed by atoms with Crippen LogP contribution in [0.4, 0.5) is 0 Å². The molecule has 2 aliphatic heterocycles. The molecule has 114 valence electrons. The molecule has 0 aliphatic carbocycles. The molecular weight excluding hydrogens is 272 g/mol. The number of aliphatic hydroxyl groups is 1.